The van der Waals surface area contributed by atoms with Gasteiger partial charge in [-0.25, -0.2) is 15.0 Å². The fourth-order valence-electron chi connectivity index (χ4n) is 6.91. The summed E-state index contributed by atoms with van der Waals surface area (Å²) >= 11 is 0. The first-order valence-electron chi connectivity index (χ1n) is 16.2. The summed E-state index contributed by atoms with van der Waals surface area (Å²) in [7, 11) is 0. The van der Waals surface area contributed by atoms with Crippen molar-refractivity contribution in [2.45, 2.75) is 0 Å². The zero-order chi connectivity index (χ0) is 31.9. The van der Waals surface area contributed by atoms with Crippen LogP contribution in [0.15, 0.2) is 176 Å². The van der Waals surface area contributed by atoms with Gasteiger partial charge < -0.3 is 0 Å². The molecule has 0 aliphatic carbocycles. The molecular formula is C45H29N3. The number of nitrogens with zero attached hydrogens (tertiary/aromatic N) is 3. The van der Waals surface area contributed by atoms with Crippen LogP contribution >= 0.6 is 0 Å². The van der Waals surface area contributed by atoms with Gasteiger partial charge in [0.25, 0.3) is 0 Å². The second-order valence-corrected chi connectivity index (χ2v) is 12.0. The average molecular weight is 612 g/mol. The number of benzene rings is 8. The minimum atomic E-state index is 0.644. The fraction of sp³-hybridized carbons (Fsp3) is 0. The molecule has 3 nitrogen and oxygen atoms in total. The van der Waals surface area contributed by atoms with Gasteiger partial charge in [-0.3, -0.25) is 0 Å². The number of hydrogen-bond donors (Lipinski definition) is 0. The van der Waals surface area contributed by atoms with Gasteiger partial charge in [-0.15, -0.1) is 0 Å². The highest BCUT2D eigenvalue weighted by Gasteiger charge is 2.19. The Bertz CT molecular complexity index is 2600. The van der Waals surface area contributed by atoms with E-state index in [1.165, 1.54) is 27.3 Å². The summed E-state index contributed by atoms with van der Waals surface area (Å²) in [6.45, 7) is 0. The van der Waals surface area contributed by atoms with Gasteiger partial charge in [0, 0.05) is 22.3 Å². The molecule has 0 spiro atoms. The molecule has 1 heterocycles. The second kappa shape index (κ2) is 11.7. The molecular weight excluding hydrogens is 583 g/mol. The van der Waals surface area contributed by atoms with Gasteiger partial charge in [0.2, 0.25) is 0 Å². The van der Waals surface area contributed by atoms with Crippen molar-refractivity contribution in [1.82, 2.24) is 15.0 Å². The second-order valence-electron chi connectivity index (χ2n) is 12.0. The zero-order valence-corrected chi connectivity index (χ0v) is 26.1. The molecule has 0 aliphatic rings. The maximum Gasteiger partial charge on any atom is 0.164 e. The lowest BCUT2D eigenvalue weighted by atomic mass is 9.92. The van der Waals surface area contributed by atoms with Crippen molar-refractivity contribution in [3.05, 3.63) is 176 Å². The van der Waals surface area contributed by atoms with E-state index in [9.17, 15) is 0 Å². The van der Waals surface area contributed by atoms with Crippen LogP contribution in [-0.4, -0.2) is 15.0 Å². The molecule has 0 fully saturated rings. The van der Waals surface area contributed by atoms with Crippen LogP contribution in [0.4, 0.5) is 0 Å². The van der Waals surface area contributed by atoms with E-state index in [1.54, 1.807) is 0 Å². The molecule has 9 rings (SSSR count). The van der Waals surface area contributed by atoms with Gasteiger partial charge in [0.05, 0.1) is 0 Å². The number of hydrogen-bond acceptors (Lipinski definition) is 3. The molecule has 0 atom stereocenters. The van der Waals surface area contributed by atoms with E-state index in [4.69, 9.17) is 15.0 Å². The molecule has 0 saturated heterocycles. The van der Waals surface area contributed by atoms with Gasteiger partial charge >= 0.3 is 0 Å². The van der Waals surface area contributed by atoms with Crippen molar-refractivity contribution in [2.75, 3.05) is 0 Å². The van der Waals surface area contributed by atoms with E-state index < -0.39 is 0 Å². The Morgan fingerprint density at radius 1 is 0.250 bits per heavy atom. The van der Waals surface area contributed by atoms with Crippen LogP contribution in [-0.2, 0) is 0 Å². The van der Waals surface area contributed by atoms with Crippen LogP contribution in [0.5, 0.6) is 0 Å². The normalized spacial score (nSPS) is 11.3. The summed E-state index contributed by atoms with van der Waals surface area (Å²) in [6, 6.07) is 61.6. The van der Waals surface area contributed by atoms with E-state index in [1.807, 2.05) is 18.2 Å². The molecule has 224 valence electrons. The number of rotatable bonds is 5. The van der Waals surface area contributed by atoms with E-state index in [-0.39, 0.29) is 0 Å². The molecule has 0 N–H and O–H groups in total. The van der Waals surface area contributed by atoms with Crippen LogP contribution in [0.2, 0.25) is 0 Å². The van der Waals surface area contributed by atoms with Crippen LogP contribution in [0, 0.1) is 0 Å². The summed E-state index contributed by atoms with van der Waals surface area (Å²) in [5, 5.41) is 7.05. The van der Waals surface area contributed by atoms with Crippen LogP contribution in [0.3, 0.4) is 0 Å². The number of aromatic nitrogens is 3. The maximum atomic E-state index is 5.27. The molecule has 0 aliphatic heterocycles. The van der Waals surface area contributed by atoms with Crippen molar-refractivity contribution in [1.29, 1.82) is 0 Å². The van der Waals surface area contributed by atoms with Crippen LogP contribution < -0.4 is 0 Å². The lowest BCUT2D eigenvalue weighted by Crippen LogP contribution is -2.02. The molecule has 0 amide bonds. The van der Waals surface area contributed by atoms with Gasteiger partial charge in [-0.2, -0.15) is 0 Å². The lowest BCUT2D eigenvalue weighted by molar-refractivity contribution is 1.08. The predicted molar refractivity (Wildman–Crippen MR) is 200 cm³/mol. The quantitative estimate of drug-likeness (QED) is 0.194. The first kappa shape index (κ1) is 27.8. The predicted octanol–water partition coefficient (Wildman–Crippen LogP) is 11.7. The summed E-state index contributed by atoms with van der Waals surface area (Å²) in [5.41, 5.74) is 7.51. The Morgan fingerprint density at radius 3 is 1.44 bits per heavy atom. The van der Waals surface area contributed by atoms with Gasteiger partial charge in [0.15, 0.2) is 17.5 Å². The van der Waals surface area contributed by atoms with Crippen LogP contribution in [0.1, 0.15) is 0 Å². The third-order valence-corrected chi connectivity index (χ3v) is 9.14. The van der Waals surface area contributed by atoms with Gasteiger partial charge in [-0.05, 0) is 55.1 Å². The van der Waals surface area contributed by atoms with Crippen molar-refractivity contribution in [3.8, 4) is 56.4 Å². The summed E-state index contributed by atoms with van der Waals surface area (Å²) in [6.07, 6.45) is 0. The van der Waals surface area contributed by atoms with Gasteiger partial charge in [-0.1, -0.05) is 170 Å². The molecule has 1 aromatic heterocycles. The fourth-order valence-corrected chi connectivity index (χ4v) is 6.91. The summed E-state index contributed by atoms with van der Waals surface area (Å²) in [4.78, 5) is 15.6. The maximum absolute atomic E-state index is 5.27. The standard InChI is InChI=1S/C45H29N3/c1-3-16-32(17-4-1)42-35-22-10-8-15-31(35)28-29-41(42)45-47-43(33-18-5-2-6-19-33)46-44(48-45)40-27-13-25-38-37(24-12-26-39(38)40)36-23-11-20-30-14-7-9-21-34(30)36/h1-29H. The third-order valence-electron chi connectivity index (χ3n) is 9.14. The Kier molecular flexibility index (Phi) is 6.80. The van der Waals surface area contributed by atoms with Gasteiger partial charge in [0.1, 0.15) is 0 Å². The average Bonchev–Trinajstić information content (AvgIpc) is 3.17. The molecule has 8 aromatic carbocycles. The van der Waals surface area contributed by atoms with Crippen molar-refractivity contribution < 1.29 is 0 Å². The number of fused-ring (bicyclic) bond motifs is 3. The molecule has 0 unspecified atom stereocenters. The lowest BCUT2D eigenvalue weighted by Gasteiger charge is -2.16. The Hall–Kier alpha value is -6.45. The highest BCUT2D eigenvalue weighted by Crippen LogP contribution is 2.40. The molecule has 9 aromatic rings. The Balaban J connectivity index is 1.31. The monoisotopic (exact) mass is 611 g/mol. The zero-order valence-electron chi connectivity index (χ0n) is 26.1. The summed E-state index contributed by atoms with van der Waals surface area (Å²) < 4.78 is 0. The minimum Gasteiger partial charge on any atom is -0.208 e. The summed E-state index contributed by atoms with van der Waals surface area (Å²) in [5.74, 6) is 1.93. The van der Waals surface area contributed by atoms with Crippen molar-refractivity contribution in [2.24, 2.45) is 0 Å². The highest BCUT2D eigenvalue weighted by atomic mass is 15.0. The third kappa shape index (κ3) is 4.81. The Labute approximate surface area is 278 Å². The largest absolute Gasteiger partial charge is 0.208 e. The smallest absolute Gasteiger partial charge is 0.164 e. The molecule has 0 bridgehead atoms. The SMILES string of the molecule is c1ccc(-c2nc(-c3ccc4ccccc4c3-c3ccccc3)nc(-c3cccc4c(-c5cccc6ccccc56)cccc34)n2)cc1. The Morgan fingerprint density at radius 2 is 0.708 bits per heavy atom. The molecule has 0 saturated carbocycles. The van der Waals surface area contributed by atoms with Crippen molar-refractivity contribution >= 4 is 32.3 Å². The highest BCUT2D eigenvalue weighted by molar-refractivity contribution is 6.09. The van der Waals surface area contributed by atoms with E-state index in [0.717, 1.165) is 44.0 Å². The van der Waals surface area contributed by atoms with E-state index in [0.29, 0.717) is 17.5 Å². The molecule has 48 heavy (non-hydrogen) atoms. The van der Waals surface area contributed by atoms with Crippen molar-refractivity contribution in [3.63, 3.8) is 0 Å². The van der Waals surface area contributed by atoms with Crippen LogP contribution in [0.25, 0.3) is 88.7 Å². The molecule has 3 heteroatoms. The van der Waals surface area contributed by atoms with E-state index in [2.05, 4.69) is 158 Å². The minimum absolute atomic E-state index is 0.644. The molecule has 0 radical (unpaired) electrons. The first-order valence-corrected chi connectivity index (χ1v) is 16.2. The first-order chi connectivity index (χ1) is 23.8. The topological polar surface area (TPSA) is 38.7 Å². The van der Waals surface area contributed by atoms with E-state index >= 15 is 0 Å².